The zero-order valence-electron chi connectivity index (χ0n) is 12.1. The van der Waals surface area contributed by atoms with Crippen LogP contribution in [0.4, 0.5) is 4.39 Å². The zero-order valence-corrected chi connectivity index (χ0v) is 12.9. The first kappa shape index (κ1) is 16.3. The minimum absolute atomic E-state index is 0.226. The van der Waals surface area contributed by atoms with Crippen molar-refractivity contribution in [3.63, 3.8) is 0 Å². The number of esters is 1. The first-order chi connectivity index (χ1) is 10.5. The molecule has 0 atom stereocenters. The largest absolute Gasteiger partial charge is 0.493 e. The quantitative estimate of drug-likeness (QED) is 0.444. The third-order valence-corrected chi connectivity index (χ3v) is 3.20. The van der Waals surface area contributed by atoms with Crippen molar-refractivity contribution in [2.45, 2.75) is 19.8 Å². The molecular weight excluding hydrogens is 307 g/mol. The molecule has 0 aliphatic heterocycles. The lowest BCUT2D eigenvalue weighted by molar-refractivity contribution is -0.134. The van der Waals surface area contributed by atoms with Gasteiger partial charge in [0.1, 0.15) is 17.3 Å². The summed E-state index contributed by atoms with van der Waals surface area (Å²) in [7, 11) is 0. The Morgan fingerprint density at radius 1 is 1.18 bits per heavy atom. The molecule has 0 N–H and O–H groups in total. The summed E-state index contributed by atoms with van der Waals surface area (Å²) < 4.78 is 23.4. The summed E-state index contributed by atoms with van der Waals surface area (Å²) in [6.07, 6.45) is 0.756. The molecule has 0 aromatic heterocycles. The van der Waals surface area contributed by atoms with Crippen LogP contribution in [0.1, 0.15) is 18.4 Å². The fourth-order valence-electron chi connectivity index (χ4n) is 1.86. The van der Waals surface area contributed by atoms with Crippen molar-refractivity contribution in [1.82, 2.24) is 0 Å². The van der Waals surface area contributed by atoms with Crippen molar-refractivity contribution >= 4 is 17.6 Å². The highest BCUT2D eigenvalue weighted by molar-refractivity contribution is 6.30. The van der Waals surface area contributed by atoms with Gasteiger partial charge in [-0.05, 0) is 61.4 Å². The van der Waals surface area contributed by atoms with Crippen molar-refractivity contribution in [1.29, 1.82) is 0 Å². The van der Waals surface area contributed by atoms with Crippen LogP contribution in [-0.2, 0) is 4.79 Å². The number of hydrogen-bond donors (Lipinski definition) is 0. The number of carbonyl (C=O) groups excluding carboxylic acids is 1. The van der Waals surface area contributed by atoms with E-state index in [2.05, 4.69) is 0 Å². The van der Waals surface area contributed by atoms with Gasteiger partial charge in [0.2, 0.25) is 0 Å². The van der Waals surface area contributed by atoms with E-state index in [1.54, 1.807) is 12.1 Å². The molecular formula is C17H16ClFO3. The van der Waals surface area contributed by atoms with Crippen molar-refractivity contribution < 1.29 is 18.7 Å². The predicted octanol–water partition coefficient (Wildman–Crippen LogP) is 4.55. The van der Waals surface area contributed by atoms with Gasteiger partial charge in [-0.15, -0.1) is 0 Å². The van der Waals surface area contributed by atoms with Crippen LogP contribution < -0.4 is 9.47 Å². The topological polar surface area (TPSA) is 35.5 Å². The summed E-state index contributed by atoms with van der Waals surface area (Å²) in [6.45, 7) is 2.31. The maximum Gasteiger partial charge on any atom is 0.311 e. The molecule has 0 saturated heterocycles. The molecule has 5 heteroatoms. The summed E-state index contributed by atoms with van der Waals surface area (Å²) in [5.74, 6) is 0.340. The number of benzene rings is 2. The number of aryl methyl sites for hydroxylation is 1. The predicted molar refractivity (Wildman–Crippen MR) is 83.0 cm³/mol. The van der Waals surface area contributed by atoms with E-state index in [1.165, 1.54) is 24.3 Å². The minimum Gasteiger partial charge on any atom is -0.493 e. The molecule has 22 heavy (non-hydrogen) atoms. The van der Waals surface area contributed by atoms with E-state index in [4.69, 9.17) is 21.1 Å². The molecule has 2 aromatic carbocycles. The fourth-order valence-corrected chi connectivity index (χ4v) is 2.09. The number of ether oxygens (including phenoxy) is 2. The molecule has 0 amide bonds. The SMILES string of the molecule is Cc1cc(Cl)ccc1OCCCC(=O)Oc1ccc(F)cc1. The summed E-state index contributed by atoms with van der Waals surface area (Å²) in [4.78, 5) is 11.6. The Morgan fingerprint density at radius 2 is 1.91 bits per heavy atom. The average Bonchev–Trinajstić information content (AvgIpc) is 2.48. The second-order valence-corrected chi connectivity index (χ2v) is 5.23. The van der Waals surface area contributed by atoms with Crippen LogP contribution in [0.3, 0.4) is 0 Å². The highest BCUT2D eigenvalue weighted by Crippen LogP contribution is 2.22. The van der Waals surface area contributed by atoms with Crippen molar-refractivity contribution in [2.24, 2.45) is 0 Å². The fraction of sp³-hybridized carbons (Fsp3) is 0.235. The van der Waals surface area contributed by atoms with Gasteiger partial charge in [-0.25, -0.2) is 4.39 Å². The third-order valence-electron chi connectivity index (χ3n) is 2.97. The number of rotatable bonds is 6. The van der Waals surface area contributed by atoms with Gasteiger partial charge in [-0.1, -0.05) is 11.6 Å². The Balaban J connectivity index is 1.72. The van der Waals surface area contributed by atoms with Crippen LogP contribution in [0.5, 0.6) is 11.5 Å². The van der Waals surface area contributed by atoms with Gasteiger partial charge in [0.25, 0.3) is 0 Å². The average molecular weight is 323 g/mol. The number of carbonyl (C=O) groups is 1. The van der Waals surface area contributed by atoms with E-state index in [1.807, 2.05) is 13.0 Å². The normalized spacial score (nSPS) is 10.3. The Hall–Kier alpha value is -2.07. The Labute approximate surface area is 133 Å². The van der Waals surface area contributed by atoms with Gasteiger partial charge in [0.15, 0.2) is 0 Å². The van der Waals surface area contributed by atoms with E-state index in [0.717, 1.165) is 11.3 Å². The van der Waals surface area contributed by atoms with Crippen LogP contribution in [0.15, 0.2) is 42.5 Å². The van der Waals surface area contributed by atoms with Gasteiger partial charge in [0, 0.05) is 11.4 Å². The van der Waals surface area contributed by atoms with Crippen molar-refractivity contribution in [2.75, 3.05) is 6.61 Å². The monoisotopic (exact) mass is 322 g/mol. The Kier molecular flexibility index (Phi) is 5.78. The highest BCUT2D eigenvalue weighted by Gasteiger charge is 2.06. The minimum atomic E-state index is -0.372. The molecule has 3 nitrogen and oxygen atoms in total. The first-order valence-corrected chi connectivity index (χ1v) is 7.27. The third kappa shape index (κ3) is 5.04. The van der Waals surface area contributed by atoms with E-state index in [0.29, 0.717) is 23.8 Å². The van der Waals surface area contributed by atoms with E-state index in [9.17, 15) is 9.18 Å². The van der Waals surface area contributed by atoms with Crippen LogP contribution in [0, 0.1) is 12.7 Å². The Bertz CT molecular complexity index is 641. The maximum atomic E-state index is 12.7. The summed E-state index contributed by atoms with van der Waals surface area (Å²) in [5, 5.41) is 0.660. The van der Waals surface area contributed by atoms with Gasteiger partial charge in [-0.3, -0.25) is 4.79 Å². The van der Waals surface area contributed by atoms with Crippen molar-refractivity contribution in [3.05, 3.63) is 58.9 Å². The number of halogens is 2. The second-order valence-electron chi connectivity index (χ2n) is 4.79. The maximum absolute atomic E-state index is 12.7. The highest BCUT2D eigenvalue weighted by atomic mass is 35.5. The van der Waals surface area contributed by atoms with Crippen LogP contribution >= 0.6 is 11.6 Å². The number of hydrogen-bond acceptors (Lipinski definition) is 3. The molecule has 0 fully saturated rings. The molecule has 0 unspecified atom stereocenters. The van der Waals surface area contributed by atoms with Crippen LogP contribution in [0.25, 0.3) is 0 Å². The lowest BCUT2D eigenvalue weighted by atomic mass is 10.2. The summed E-state index contributed by atoms with van der Waals surface area (Å²) in [5.41, 5.74) is 0.946. The van der Waals surface area contributed by atoms with Crippen LogP contribution in [-0.4, -0.2) is 12.6 Å². The molecule has 2 rings (SSSR count). The summed E-state index contributed by atoms with van der Waals surface area (Å²) in [6, 6.07) is 10.7. The second kappa shape index (κ2) is 7.80. The van der Waals surface area contributed by atoms with Gasteiger partial charge >= 0.3 is 5.97 Å². The van der Waals surface area contributed by atoms with E-state index < -0.39 is 0 Å². The molecule has 0 bridgehead atoms. The van der Waals surface area contributed by atoms with Gasteiger partial charge in [0.05, 0.1) is 6.61 Å². The van der Waals surface area contributed by atoms with Gasteiger partial charge < -0.3 is 9.47 Å². The zero-order chi connectivity index (χ0) is 15.9. The summed E-state index contributed by atoms with van der Waals surface area (Å²) >= 11 is 5.87. The smallest absolute Gasteiger partial charge is 0.311 e. The lowest BCUT2D eigenvalue weighted by Crippen LogP contribution is -2.10. The molecule has 116 valence electrons. The lowest BCUT2D eigenvalue weighted by Gasteiger charge is -2.09. The van der Waals surface area contributed by atoms with Gasteiger partial charge in [-0.2, -0.15) is 0 Å². The standard InChI is InChI=1S/C17H16ClFO3/c1-12-11-13(18)4-9-16(12)21-10-2-3-17(20)22-15-7-5-14(19)6-8-15/h4-9,11H,2-3,10H2,1H3. The molecule has 0 aliphatic rings. The molecule has 0 saturated carbocycles. The molecule has 0 spiro atoms. The van der Waals surface area contributed by atoms with Crippen LogP contribution in [0.2, 0.25) is 5.02 Å². The molecule has 2 aromatic rings. The van der Waals surface area contributed by atoms with E-state index in [-0.39, 0.29) is 18.2 Å². The van der Waals surface area contributed by atoms with E-state index >= 15 is 0 Å². The van der Waals surface area contributed by atoms with Crippen molar-refractivity contribution in [3.8, 4) is 11.5 Å². The Morgan fingerprint density at radius 3 is 2.59 bits per heavy atom. The molecule has 0 aliphatic carbocycles. The molecule has 0 radical (unpaired) electrons. The molecule has 0 heterocycles. The first-order valence-electron chi connectivity index (χ1n) is 6.90.